The van der Waals surface area contributed by atoms with Gasteiger partial charge in [0.2, 0.25) is 6.04 Å². The Bertz CT molecular complexity index is 707. The predicted octanol–water partition coefficient (Wildman–Crippen LogP) is 4.41. The third kappa shape index (κ3) is 8.41. The van der Waals surface area contributed by atoms with Crippen molar-refractivity contribution in [2.75, 3.05) is 6.61 Å². The van der Waals surface area contributed by atoms with E-state index in [4.69, 9.17) is 14.6 Å². The topological polar surface area (TPSA) is 102 Å². The Hall–Kier alpha value is -1.93. The zero-order valence-electron chi connectivity index (χ0n) is 21.8. The second kappa shape index (κ2) is 12.0. The molecule has 0 unspecified atom stereocenters. The van der Waals surface area contributed by atoms with E-state index in [9.17, 15) is 14.4 Å². The van der Waals surface area contributed by atoms with Crippen molar-refractivity contribution >= 4 is 18.0 Å². The number of allylic oxidation sites excluding steroid dienone is 1. The number of nitrogens with one attached hydrogen (secondary N) is 1. The molecule has 0 radical (unpaired) electrons. The van der Waals surface area contributed by atoms with Crippen LogP contribution in [0.2, 0.25) is 0 Å². The number of likely N-dealkylation sites (tertiary alicyclic amines) is 1. The first-order valence-electron chi connectivity index (χ1n) is 12.0. The van der Waals surface area contributed by atoms with E-state index in [-0.39, 0.29) is 18.6 Å². The zero-order chi connectivity index (χ0) is 25.4. The largest absolute Gasteiger partial charge is 0.542 e. The van der Waals surface area contributed by atoms with Crippen LogP contribution in [0.25, 0.3) is 0 Å². The summed E-state index contributed by atoms with van der Waals surface area (Å²) in [5.74, 6) is -1.06. The van der Waals surface area contributed by atoms with Crippen LogP contribution in [0.4, 0.5) is 4.79 Å². The normalized spacial score (nSPS) is 25.8. The van der Waals surface area contributed by atoms with Crippen molar-refractivity contribution < 1.29 is 33.6 Å². The molecule has 2 N–H and O–H groups in total. The van der Waals surface area contributed by atoms with Crippen LogP contribution in [0.15, 0.2) is 12.2 Å². The van der Waals surface area contributed by atoms with E-state index in [1.54, 1.807) is 41.5 Å². The molecule has 1 aliphatic rings. The van der Waals surface area contributed by atoms with Crippen LogP contribution in [-0.4, -0.2) is 57.6 Å². The van der Waals surface area contributed by atoms with Crippen molar-refractivity contribution in [3.05, 3.63) is 12.2 Å². The van der Waals surface area contributed by atoms with Crippen molar-refractivity contribution in [2.45, 2.75) is 117 Å². The lowest BCUT2D eigenvalue weighted by atomic mass is 9.93. The standard InChI is InChI=1S/C25H44N2O6/c1-9-14-19-17-21(22(30)32-24(3,4)5)27(26-18(2)29,23(31)33-25(6,7)8)20(19)15-12-10-11-13-16-28/h9,14,19-21,28H,10-13,15-17H2,1-8H3/p+1/b14-9-/t19-,20-,21-,27-/m1/s1. The summed E-state index contributed by atoms with van der Waals surface area (Å²) in [4.78, 5) is 39.6. The van der Waals surface area contributed by atoms with Crippen LogP contribution in [0.3, 0.4) is 0 Å². The van der Waals surface area contributed by atoms with Crippen LogP contribution in [0, 0.1) is 5.92 Å². The molecule has 0 aromatic rings. The highest BCUT2D eigenvalue weighted by atomic mass is 16.6. The van der Waals surface area contributed by atoms with Gasteiger partial charge in [0.1, 0.15) is 17.2 Å². The third-order valence-electron chi connectivity index (χ3n) is 5.57. The lowest BCUT2D eigenvalue weighted by Crippen LogP contribution is -2.72. The maximum atomic E-state index is 13.8. The molecule has 1 rings (SSSR count). The number of esters is 1. The van der Waals surface area contributed by atoms with Gasteiger partial charge in [0.15, 0.2) is 0 Å². The number of nitrogens with zero attached hydrogens (tertiary/aromatic N) is 1. The maximum absolute atomic E-state index is 13.8. The van der Waals surface area contributed by atoms with Gasteiger partial charge >= 0.3 is 12.1 Å². The molecule has 190 valence electrons. The molecule has 4 atom stereocenters. The minimum atomic E-state index is -0.924. The van der Waals surface area contributed by atoms with Crippen LogP contribution in [0.5, 0.6) is 0 Å². The number of quaternary nitrogens is 1. The molecule has 1 heterocycles. The summed E-state index contributed by atoms with van der Waals surface area (Å²) in [5.41, 5.74) is 1.29. The number of aliphatic hydroxyl groups is 1. The molecule has 0 aliphatic carbocycles. The van der Waals surface area contributed by atoms with Crippen LogP contribution < -0.4 is 5.43 Å². The number of hydrogen-bond acceptors (Lipinski definition) is 6. The Kier molecular flexibility index (Phi) is 10.6. The highest BCUT2D eigenvalue weighted by Crippen LogP contribution is 2.42. The van der Waals surface area contributed by atoms with Crippen molar-refractivity contribution in [3.63, 3.8) is 0 Å². The molecule has 8 nitrogen and oxygen atoms in total. The van der Waals surface area contributed by atoms with Gasteiger partial charge in [-0.15, -0.1) is 4.59 Å². The average Bonchev–Trinajstić information content (AvgIpc) is 2.93. The molecular formula is C25H45N2O6+. The Balaban J connectivity index is 3.54. The van der Waals surface area contributed by atoms with Crippen LogP contribution >= 0.6 is 0 Å². The Morgan fingerprint density at radius 2 is 1.58 bits per heavy atom. The van der Waals surface area contributed by atoms with Gasteiger partial charge in [-0.05, 0) is 61.3 Å². The number of rotatable bonds is 8. The van der Waals surface area contributed by atoms with Crippen LogP contribution in [-0.2, 0) is 19.1 Å². The predicted molar refractivity (Wildman–Crippen MR) is 127 cm³/mol. The third-order valence-corrected chi connectivity index (χ3v) is 5.57. The van der Waals surface area contributed by atoms with Gasteiger partial charge < -0.3 is 14.6 Å². The monoisotopic (exact) mass is 469 g/mol. The van der Waals surface area contributed by atoms with Gasteiger partial charge in [-0.1, -0.05) is 25.0 Å². The number of carbonyl (C=O) groups excluding carboxylic acids is 3. The summed E-state index contributed by atoms with van der Waals surface area (Å²) in [6.07, 6.45) is 7.51. The zero-order valence-corrected chi connectivity index (χ0v) is 21.8. The second-order valence-corrected chi connectivity index (χ2v) is 10.9. The molecule has 1 aliphatic heterocycles. The molecular weight excluding hydrogens is 424 g/mol. The summed E-state index contributed by atoms with van der Waals surface area (Å²) in [5, 5.41) is 9.07. The van der Waals surface area contributed by atoms with E-state index in [1.165, 1.54) is 6.92 Å². The minimum absolute atomic E-state index is 0.121. The lowest BCUT2D eigenvalue weighted by molar-refractivity contribution is -0.921. The molecule has 2 amide bonds. The molecule has 1 saturated heterocycles. The van der Waals surface area contributed by atoms with E-state index in [2.05, 4.69) is 5.43 Å². The van der Waals surface area contributed by atoms with E-state index >= 15 is 0 Å². The fourth-order valence-corrected chi connectivity index (χ4v) is 4.50. The van der Waals surface area contributed by atoms with E-state index < -0.39 is 39.8 Å². The van der Waals surface area contributed by atoms with Gasteiger partial charge in [0.25, 0.3) is 5.91 Å². The van der Waals surface area contributed by atoms with Crippen molar-refractivity contribution in [3.8, 4) is 0 Å². The molecule has 1 fully saturated rings. The highest BCUT2D eigenvalue weighted by molar-refractivity contribution is 5.80. The number of ether oxygens (including phenoxy) is 2. The quantitative estimate of drug-likeness (QED) is 0.236. The second-order valence-electron chi connectivity index (χ2n) is 10.9. The molecule has 0 spiro atoms. The summed E-state index contributed by atoms with van der Waals surface area (Å²) in [6.45, 7) is 14.0. The first kappa shape index (κ1) is 29.1. The van der Waals surface area contributed by atoms with Crippen molar-refractivity contribution in [2.24, 2.45) is 5.92 Å². The molecule has 0 saturated carbocycles. The van der Waals surface area contributed by atoms with Gasteiger partial charge in [-0.2, -0.15) is 10.2 Å². The van der Waals surface area contributed by atoms with Gasteiger partial charge in [-0.25, -0.2) is 4.79 Å². The van der Waals surface area contributed by atoms with Gasteiger partial charge in [0.05, 0.1) is 0 Å². The summed E-state index contributed by atoms with van der Waals surface area (Å²) in [7, 11) is 0. The molecule has 33 heavy (non-hydrogen) atoms. The Labute approximate surface area is 199 Å². The molecule has 0 bridgehead atoms. The van der Waals surface area contributed by atoms with Gasteiger partial charge in [0, 0.05) is 32.3 Å². The summed E-state index contributed by atoms with van der Waals surface area (Å²) >= 11 is 0. The highest BCUT2D eigenvalue weighted by Gasteiger charge is 2.65. The smallest absolute Gasteiger partial charge is 0.455 e. The van der Waals surface area contributed by atoms with Gasteiger partial charge in [-0.3, -0.25) is 4.79 Å². The molecule has 0 aromatic heterocycles. The minimum Gasteiger partial charge on any atom is -0.455 e. The van der Waals surface area contributed by atoms with E-state index in [1.807, 2.05) is 19.1 Å². The lowest BCUT2D eigenvalue weighted by Gasteiger charge is -2.40. The molecule has 0 aromatic carbocycles. The van der Waals surface area contributed by atoms with Crippen molar-refractivity contribution in [1.29, 1.82) is 0 Å². The summed E-state index contributed by atoms with van der Waals surface area (Å²) < 4.78 is 10.9. The SMILES string of the molecule is C/C=C\[C@@H]1C[C@H](C(=O)OC(C)(C)C)[N@@+](NC(C)=O)(C(=O)OC(C)(C)C)[C@@H]1CCCCCCO. The molecule has 8 heteroatoms. The van der Waals surface area contributed by atoms with E-state index in [0.29, 0.717) is 12.8 Å². The number of amides is 2. The number of aliphatic hydroxyl groups excluding tert-OH is 1. The van der Waals surface area contributed by atoms with Crippen LogP contribution in [0.1, 0.15) is 93.9 Å². The Morgan fingerprint density at radius 3 is 2.06 bits per heavy atom. The average molecular weight is 470 g/mol. The number of carbonyl (C=O) groups is 3. The first-order valence-corrected chi connectivity index (χ1v) is 12.0. The summed E-state index contributed by atoms with van der Waals surface area (Å²) in [6, 6.07) is -1.31. The number of unbranched alkanes of at least 4 members (excludes halogenated alkanes) is 3. The fraction of sp³-hybridized carbons (Fsp3) is 0.800. The van der Waals surface area contributed by atoms with Crippen molar-refractivity contribution in [1.82, 2.24) is 5.43 Å². The number of hydrogen-bond donors (Lipinski definition) is 2. The Morgan fingerprint density at radius 1 is 1.00 bits per heavy atom. The first-order chi connectivity index (χ1) is 15.2. The van der Waals surface area contributed by atoms with E-state index in [0.717, 1.165) is 25.7 Å². The fourth-order valence-electron chi connectivity index (χ4n) is 4.50. The maximum Gasteiger partial charge on any atom is 0.542 e.